The number of rotatable bonds is 4. The number of hydrogen-bond acceptors (Lipinski definition) is 2. The summed E-state index contributed by atoms with van der Waals surface area (Å²) in [6.07, 6.45) is -0.117. The van der Waals surface area contributed by atoms with Gasteiger partial charge in [0.25, 0.3) is 0 Å². The molecule has 0 saturated heterocycles. The van der Waals surface area contributed by atoms with Gasteiger partial charge >= 0.3 is 5.97 Å². The molecule has 1 aromatic carbocycles. The van der Waals surface area contributed by atoms with E-state index < -0.39 is 12.0 Å². The molecule has 0 fully saturated rings. The van der Waals surface area contributed by atoms with Crippen LogP contribution in [0.4, 0.5) is 0 Å². The van der Waals surface area contributed by atoms with Gasteiger partial charge in [0.1, 0.15) is 0 Å². The van der Waals surface area contributed by atoms with E-state index in [1.165, 1.54) is 12.5 Å². The van der Waals surface area contributed by atoms with Gasteiger partial charge in [0.05, 0.1) is 12.5 Å². The third kappa shape index (κ3) is 4.73. The summed E-state index contributed by atoms with van der Waals surface area (Å²) < 4.78 is 0. The van der Waals surface area contributed by atoms with Crippen LogP contribution in [0.15, 0.2) is 24.3 Å². The highest BCUT2D eigenvalue weighted by Crippen LogP contribution is 2.25. The van der Waals surface area contributed by atoms with Gasteiger partial charge in [-0.25, -0.2) is 0 Å². The minimum absolute atomic E-state index is 0.0504. The minimum atomic E-state index is -0.932. The zero-order chi connectivity index (χ0) is 14.6. The Morgan fingerprint density at radius 1 is 1.21 bits per heavy atom. The largest absolute Gasteiger partial charge is 0.481 e. The van der Waals surface area contributed by atoms with Crippen molar-refractivity contribution in [2.24, 2.45) is 0 Å². The van der Waals surface area contributed by atoms with Gasteiger partial charge in [0, 0.05) is 6.92 Å². The molecule has 0 heterocycles. The highest BCUT2D eigenvalue weighted by Gasteiger charge is 2.18. The molecule has 1 aromatic rings. The van der Waals surface area contributed by atoms with E-state index in [1.807, 2.05) is 24.3 Å². The first-order valence-electron chi connectivity index (χ1n) is 6.29. The maximum Gasteiger partial charge on any atom is 0.305 e. The zero-order valence-corrected chi connectivity index (χ0v) is 11.9. The molecule has 0 aliphatic carbocycles. The van der Waals surface area contributed by atoms with Crippen LogP contribution in [0.2, 0.25) is 0 Å². The Hall–Kier alpha value is -1.84. The molecule has 4 nitrogen and oxygen atoms in total. The molecule has 1 atom stereocenters. The second-order valence-electron chi connectivity index (χ2n) is 5.72. The van der Waals surface area contributed by atoms with Gasteiger partial charge in [-0.1, -0.05) is 45.0 Å². The van der Waals surface area contributed by atoms with Gasteiger partial charge in [-0.05, 0) is 16.5 Å². The van der Waals surface area contributed by atoms with Crippen LogP contribution in [0.1, 0.15) is 51.3 Å². The smallest absolute Gasteiger partial charge is 0.305 e. The van der Waals surface area contributed by atoms with Crippen LogP contribution in [0.3, 0.4) is 0 Å². The van der Waals surface area contributed by atoms with Gasteiger partial charge in [-0.3, -0.25) is 9.59 Å². The lowest BCUT2D eigenvalue weighted by Crippen LogP contribution is -2.28. The Morgan fingerprint density at radius 2 is 1.74 bits per heavy atom. The van der Waals surface area contributed by atoms with Crippen molar-refractivity contribution in [3.8, 4) is 0 Å². The molecule has 0 bridgehead atoms. The lowest BCUT2D eigenvalue weighted by atomic mass is 9.86. The second-order valence-corrected chi connectivity index (χ2v) is 5.72. The van der Waals surface area contributed by atoms with E-state index >= 15 is 0 Å². The van der Waals surface area contributed by atoms with Crippen molar-refractivity contribution in [2.45, 2.75) is 45.6 Å². The SMILES string of the molecule is CC(=O)NC(CC(=O)O)c1ccc(C(C)(C)C)cc1. The molecule has 4 heteroatoms. The zero-order valence-electron chi connectivity index (χ0n) is 11.9. The van der Waals surface area contributed by atoms with E-state index in [2.05, 4.69) is 26.1 Å². The van der Waals surface area contributed by atoms with Gasteiger partial charge in [-0.15, -0.1) is 0 Å². The lowest BCUT2D eigenvalue weighted by Gasteiger charge is -2.21. The van der Waals surface area contributed by atoms with Crippen molar-refractivity contribution in [2.75, 3.05) is 0 Å². The Kier molecular flexibility index (Phi) is 4.70. The van der Waals surface area contributed by atoms with Crippen molar-refractivity contribution >= 4 is 11.9 Å². The highest BCUT2D eigenvalue weighted by atomic mass is 16.4. The Balaban J connectivity index is 2.96. The van der Waals surface area contributed by atoms with Crippen LogP contribution in [0.5, 0.6) is 0 Å². The molecule has 2 N–H and O–H groups in total. The number of aliphatic carboxylic acids is 1. The van der Waals surface area contributed by atoms with Gasteiger partial charge in [0.15, 0.2) is 0 Å². The third-order valence-corrected chi connectivity index (χ3v) is 2.94. The van der Waals surface area contributed by atoms with Crippen LogP contribution < -0.4 is 5.32 Å². The topological polar surface area (TPSA) is 66.4 Å². The number of benzene rings is 1. The normalized spacial score (nSPS) is 12.8. The summed E-state index contributed by atoms with van der Waals surface area (Å²) in [5, 5.41) is 11.6. The molecule has 0 aliphatic heterocycles. The molecule has 1 rings (SSSR count). The van der Waals surface area contributed by atoms with E-state index in [1.54, 1.807) is 0 Å². The van der Waals surface area contributed by atoms with E-state index in [-0.39, 0.29) is 17.7 Å². The lowest BCUT2D eigenvalue weighted by molar-refractivity contribution is -0.137. The highest BCUT2D eigenvalue weighted by molar-refractivity contribution is 5.75. The molecule has 0 spiro atoms. The predicted molar refractivity (Wildman–Crippen MR) is 74.0 cm³/mol. The van der Waals surface area contributed by atoms with Crippen LogP contribution >= 0.6 is 0 Å². The standard InChI is InChI=1S/C15H21NO3/c1-10(17)16-13(9-14(18)19)11-5-7-12(8-6-11)15(2,3)4/h5-8,13H,9H2,1-4H3,(H,16,17)(H,18,19). The quantitative estimate of drug-likeness (QED) is 0.877. The van der Waals surface area contributed by atoms with Crippen molar-refractivity contribution in [3.05, 3.63) is 35.4 Å². The summed E-state index contributed by atoms with van der Waals surface area (Å²) in [7, 11) is 0. The fraction of sp³-hybridized carbons (Fsp3) is 0.467. The van der Waals surface area contributed by atoms with Crippen molar-refractivity contribution in [1.82, 2.24) is 5.32 Å². The van der Waals surface area contributed by atoms with Crippen LogP contribution in [-0.2, 0) is 15.0 Å². The van der Waals surface area contributed by atoms with Crippen LogP contribution in [0, 0.1) is 0 Å². The Bertz CT molecular complexity index is 441. The van der Waals surface area contributed by atoms with Crippen LogP contribution in [-0.4, -0.2) is 17.0 Å². The second kappa shape index (κ2) is 5.87. The predicted octanol–water partition coefficient (Wildman–Crippen LogP) is 2.64. The summed E-state index contributed by atoms with van der Waals surface area (Å²) in [4.78, 5) is 22.0. The fourth-order valence-electron chi connectivity index (χ4n) is 1.89. The molecule has 0 saturated carbocycles. The van der Waals surface area contributed by atoms with E-state index in [4.69, 9.17) is 5.11 Å². The monoisotopic (exact) mass is 263 g/mol. The Labute approximate surface area is 113 Å². The summed E-state index contributed by atoms with van der Waals surface area (Å²) in [6, 6.07) is 7.23. The molecule has 0 aromatic heterocycles. The summed E-state index contributed by atoms with van der Waals surface area (Å²) >= 11 is 0. The van der Waals surface area contributed by atoms with E-state index in [0.717, 1.165) is 5.56 Å². The fourth-order valence-corrected chi connectivity index (χ4v) is 1.89. The first-order valence-corrected chi connectivity index (χ1v) is 6.29. The number of carbonyl (C=O) groups excluding carboxylic acids is 1. The van der Waals surface area contributed by atoms with E-state index in [9.17, 15) is 9.59 Å². The minimum Gasteiger partial charge on any atom is -0.481 e. The third-order valence-electron chi connectivity index (χ3n) is 2.94. The van der Waals surface area contributed by atoms with Crippen molar-refractivity contribution < 1.29 is 14.7 Å². The summed E-state index contributed by atoms with van der Waals surface area (Å²) in [5.74, 6) is -1.16. The average molecular weight is 263 g/mol. The molecule has 104 valence electrons. The maximum absolute atomic E-state index is 11.1. The summed E-state index contributed by atoms with van der Waals surface area (Å²) in [6.45, 7) is 7.73. The Morgan fingerprint density at radius 3 is 2.11 bits per heavy atom. The van der Waals surface area contributed by atoms with Gasteiger partial charge in [0.2, 0.25) is 5.91 Å². The molecule has 1 amide bonds. The molecule has 1 unspecified atom stereocenters. The molecular formula is C15H21NO3. The molecule has 0 aliphatic rings. The van der Waals surface area contributed by atoms with Gasteiger partial charge in [-0.2, -0.15) is 0 Å². The van der Waals surface area contributed by atoms with Gasteiger partial charge < -0.3 is 10.4 Å². The molecular weight excluding hydrogens is 242 g/mol. The first-order chi connectivity index (χ1) is 8.70. The molecule has 0 radical (unpaired) electrons. The number of hydrogen-bond donors (Lipinski definition) is 2. The summed E-state index contributed by atoms with van der Waals surface area (Å²) in [5.41, 5.74) is 2.04. The number of nitrogens with one attached hydrogen (secondary N) is 1. The number of carboxylic acid groups (broad SMARTS) is 1. The maximum atomic E-state index is 11.1. The van der Waals surface area contributed by atoms with E-state index in [0.29, 0.717) is 0 Å². The van der Waals surface area contributed by atoms with Crippen molar-refractivity contribution in [3.63, 3.8) is 0 Å². The number of carbonyl (C=O) groups is 2. The van der Waals surface area contributed by atoms with Crippen LogP contribution in [0.25, 0.3) is 0 Å². The number of carboxylic acids is 1. The first kappa shape index (κ1) is 15.2. The average Bonchev–Trinajstić information content (AvgIpc) is 2.26. The van der Waals surface area contributed by atoms with Crippen molar-refractivity contribution in [1.29, 1.82) is 0 Å². The molecule has 19 heavy (non-hydrogen) atoms. The number of amides is 1.